The van der Waals surface area contributed by atoms with Crippen LogP contribution in [0.4, 0.5) is 5.69 Å². The van der Waals surface area contributed by atoms with Gasteiger partial charge in [-0.3, -0.25) is 4.98 Å². The first-order valence-corrected chi connectivity index (χ1v) is 10.3. The summed E-state index contributed by atoms with van der Waals surface area (Å²) in [7, 11) is 1.74. The highest BCUT2D eigenvalue weighted by atomic mass is 32.1. The van der Waals surface area contributed by atoms with Gasteiger partial charge in [-0.25, -0.2) is 4.98 Å². The van der Waals surface area contributed by atoms with Crippen molar-refractivity contribution in [2.24, 2.45) is 0 Å². The molecule has 0 fully saturated rings. The number of likely N-dealkylation sites (N-methyl/N-ethyl adjacent to an activating group) is 1. The van der Waals surface area contributed by atoms with Gasteiger partial charge in [0, 0.05) is 59.7 Å². The highest BCUT2D eigenvalue weighted by Crippen LogP contribution is 2.33. The van der Waals surface area contributed by atoms with E-state index in [1.54, 1.807) is 24.6 Å². The third kappa shape index (κ3) is 3.91. The van der Waals surface area contributed by atoms with Gasteiger partial charge in [0.25, 0.3) is 0 Å². The molecule has 3 heterocycles. The van der Waals surface area contributed by atoms with Crippen LogP contribution < -0.4 is 4.90 Å². The number of pyridine rings is 2. The van der Waals surface area contributed by atoms with Crippen LogP contribution >= 0.6 is 11.3 Å². The first kappa shape index (κ1) is 18.6. The Morgan fingerprint density at radius 3 is 2.61 bits per heavy atom. The minimum absolute atomic E-state index is 0.728. The third-order valence-corrected chi connectivity index (χ3v) is 5.90. The number of aromatic nitrogens is 2. The molecule has 142 valence electrons. The van der Waals surface area contributed by atoms with Crippen molar-refractivity contribution in [2.75, 3.05) is 31.7 Å². The molecule has 0 unspecified atom stereocenters. The summed E-state index contributed by atoms with van der Waals surface area (Å²) in [6.07, 6.45) is 3.69. The van der Waals surface area contributed by atoms with Crippen LogP contribution in [0.3, 0.4) is 0 Å². The second-order valence-electron chi connectivity index (χ2n) is 6.56. The maximum atomic E-state index is 5.21. The fraction of sp³-hybridized carbons (Fsp3) is 0.217. The van der Waals surface area contributed by atoms with Gasteiger partial charge >= 0.3 is 0 Å². The van der Waals surface area contributed by atoms with Gasteiger partial charge < -0.3 is 9.64 Å². The van der Waals surface area contributed by atoms with Crippen molar-refractivity contribution >= 4 is 27.2 Å². The molecule has 28 heavy (non-hydrogen) atoms. The lowest BCUT2D eigenvalue weighted by atomic mass is 10.1. The normalized spacial score (nSPS) is 11.1. The largest absolute Gasteiger partial charge is 0.383 e. The van der Waals surface area contributed by atoms with Crippen molar-refractivity contribution in [2.45, 2.75) is 6.92 Å². The molecule has 4 rings (SSSR count). The van der Waals surface area contributed by atoms with Crippen molar-refractivity contribution in [1.29, 1.82) is 0 Å². The van der Waals surface area contributed by atoms with E-state index in [2.05, 4.69) is 65.3 Å². The number of nitrogens with zero attached hydrogens (tertiary/aromatic N) is 3. The number of rotatable bonds is 7. The Bertz CT molecular complexity index is 1040. The first-order valence-electron chi connectivity index (χ1n) is 9.44. The van der Waals surface area contributed by atoms with E-state index in [4.69, 9.17) is 9.72 Å². The summed E-state index contributed by atoms with van der Waals surface area (Å²) in [6, 6.07) is 19.1. The summed E-state index contributed by atoms with van der Waals surface area (Å²) >= 11 is 1.71. The Morgan fingerprint density at radius 2 is 1.89 bits per heavy atom. The molecule has 0 aliphatic carbocycles. The highest BCUT2D eigenvalue weighted by molar-refractivity contribution is 7.21. The van der Waals surface area contributed by atoms with Crippen LogP contribution in [0.25, 0.3) is 31.9 Å². The molecular formula is C23H23N3OS. The molecule has 0 radical (unpaired) electrons. The minimum Gasteiger partial charge on any atom is -0.383 e. The molecule has 0 spiro atoms. The Morgan fingerprint density at radius 1 is 1.04 bits per heavy atom. The van der Waals surface area contributed by atoms with Crippen molar-refractivity contribution in [3.8, 4) is 21.7 Å². The average Bonchev–Trinajstić information content (AvgIpc) is 3.19. The molecule has 0 bridgehead atoms. The van der Waals surface area contributed by atoms with Crippen molar-refractivity contribution in [3.63, 3.8) is 0 Å². The summed E-state index contributed by atoms with van der Waals surface area (Å²) in [6.45, 7) is 4.74. The zero-order valence-electron chi connectivity index (χ0n) is 16.1. The van der Waals surface area contributed by atoms with Gasteiger partial charge in [0.15, 0.2) is 0 Å². The number of hydrogen-bond donors (Lipinski definition) is 0. The number of fused-ring (bicyclic) bond motifs is 1. The topological polar surface area (TPSA) is 38.2 Å². The van der Waals surface area contributed by atoms with E-state index >= 15 is 0 Å². The number of anilines is 1. The predicted molar refractivity (Wildman–Crippen MR) is 118 cm³/mol. The number of hydrogen-bond acceptors (Lipinski definition) is 5. The maximum absolute atomic E-state index is 5.21. The Hall–Kier alpha value is -2.76. The molecule has 1 aromatic carbocycles. The molecule has 0 amide bonds. The molecule has 3 aromatic heterocycles. The summed E-state index contributed by atoms with van der Waals surface area (Å²) in [5.41, 5.74) is 4.47. The zero-order valence-corrected chi connectivity index (χ0v) is 16.9. The second kappa shape index (κ2) is 8.50. The van der Waals surface area contributed by atoms with E-state index in [9.17, 15) is 0 Å². The molecule has 0 saturated carbocycles. The van der Waals surface area contributed by atoms with Crippen LogP contribution in [0, 0.1) is 0 Å². The molecule has 0 saturated heterocycles. The third-order valence-electron chi connectivity index (χ3n) is 4.80. The fourth-order valence-corrected chi connectivity index (χ4v) is 4.27. The van der Waals surface area contributed by atoms with E-state index in [1.165, 1.54) is 16.0 Å². The molecule has 0 N–H and O–H groups in total. The summed E-state index contributed by atoms with van der Waals surface area (Å²) in [4.78, 5) is 13.7. The van der Waals surface area contributed by atoms with E-state index in [0.29, 0.717) is 0 Å². The zero-order chi connectivity index (χ0) is 19.3. The van der Waals surface area contributed by atoms with E-state index in [-0.39, 0.29) is 0 Å². The smallest absolute Gasteiger partial charge is 0.124 e. The first-order chi connectivity index (χ1) is 13.8. The lowest BCUT2D eigenvalue weighted by Gasteiger charge is -2.22. The molecule has 4 aromatic rings. The second-order valence-corrected chi connectivity index (χ2v) is 7.59. The summed E-state index contributed by atoms with van der Waals surface area (Å²) in [5.74, 6) is 0. The van der Waals surface area contributed by atoms with Gasteiger partial charge in [-0.15, -0.1) is 11.3 Å². The Balaban J connectivity index is 1.60. The minimum atomic E-state index is 0.728. The van der Waals surface area contributed by atoms with Crippen LogP contribution in [0.2, 0.25) is 0 Å². The number of ether oxygens (including phenoxy) is 1. The molecule has 0 aliphatic rings. The van der Waals surface area contributed by atoms with Crippen molar-refractivity contribution < 1.29 is 4.74 Å². The molecule has 0 aliphatic heterocycles. The van der Waals surface area contributed by atoms with Crippen LogP contribution in [-0.4, -0.2) is 36.8 Å². The van der Waals surface area contributed by atoms with Gasteiger partial charge in [0.05, 0.1) is 12.3 Å². The van der Waals surface area contributed by atoms with Gasteiger partial charge in [-0.2, -0.15) is 0 Å². The van der Waals surface area contributed by atoms with E-state index in [0.717, 1.165) is 41.3 Å². The molecule has 5 heteroatoms. The van der Waals surface area contributed by atoms with Crippen LogP contribution in [-0.2, 0) is 4.74 Å². The Kier molecular flexibility index (Phi) is 5.65. The fourth-order valence-electron chi connectivity index (χ4n) is 3.24. The quantitative estimate of drug-likeness (QED) is 0.418. The van der Waals surface area contributed by atoms with Crippen molar-refractivity contribution in [3.05, 3.63) is 67.0 Å². The van der Waals surface area contributed by atoms with Gasteiger partial charge in [-0.1, -0.05) is 18.2 Å². The lowest BCUT2D eigenvalue weighted by Crippen LogP contribution is -2.26. The SMILES string of the molecule is CCN(CCOC)c1ccc(-c2ccc3cc(-c4cccnc4)sc3n2)cc1. The van der Waals surface area contributed by atoms with E-state index in [1.807, 2.05) is 12.3 Å². The summed E-state index contributed by atoms with van der Waals surface area (Å²) < 4.78 is 5.21. The van der Waals surface area contributed by atoms with Crippen LogP contribution in [0.1, 0.15) is 6.92 Å². The number of benzene rings is 1. The monoisotopic (exact) mass is 389 g/mol. The van der Waals surface area contributed by atoms with Gasteiger partial charge in [-0.05, 0) is 43.3 Å². The standard InChI is InChI=1S/C23H23N3OS/c1-3-26(13-14-27-2)20-9-6-17(7-10-20)21-11-8-18-15-22(28-23(18)25-21)19-5-4-12-24-16-19/h4-12,15-16H,3,13-14H2,1-2H3. The number of methoxy groups -OCH3 is 1. The van der Waals surface area contributed by atoms with E-state index < -0.39 is 0 Å². The maximum Gasteiger partial charge on any atom is 0.124 e. The Labute approximate surface area is 169 Å². The molecule has 0 atom stereocenters. The highest BCUT2D eigenvalue weighted by Gasteiger charge is 2.09. The van der Waals surface area contributed by atoms with Gasteiger partial charge in [0.1, 0.15) is 4.83 Å². The molecule has 4 nitrogen and oxygen atoms in total. The van der Waals surface area contributed by atoms with Crippen LogP contribution in [0.5, 0.6) is 0 Å². The van der Waals surface area contributed by atoms with Crippen LogP contribution in [0.15, 0.2) is 67.0 Å². The summed E-state index contributed by atoms with van der Waals surface area (Å²) in [5, 5.41) is 1.17. The number of thiophene rings is 1. The predicted octanol–water partition coefficient (Wildman–Crippen LogP) is 5.50. The average molecular weight is 390 g/mol. The lowest BCUT2D eigenvalue weighted by molar-refractivity contribution is 0.205. The van der Waals surface area contributed by atoms with Crippen molar-refractivity contribution in [1.82, 2.24) is 9.97 Å². The molecular weight excluding hydrogens is 366 g/mol. The van der Waals surface area contributed by atoms with Gasteiger partial charge in [0.2, 0.25) is 0 Å².